The van der Waals surface area contributed by atoms with E-state index >= 15 is 8.78 Å². The number of aryl methyl sites for hydroxylation is 1. The van der Waals surface area contributed by atoms with Crippen molar-refractivity contribution in [2.24, 2.45) is 11.3 Å². The molecule has 3 amide bonds. The lowest BCUT2D eigenvalue weighted by Gasteiger charge is -2.34. The molecule has 1 unspecified atom stereocenters. The number of phenolic OH excluding ortho intramolecular Hbond substituents is 1. The van der Waals surface area contributed by atoms with E-state index in [4.69, 9.17) is 4.74 Å². The van der Waals surface area contributed by atoms with Crippen LogP contribution in [-0.2, 0) is 22.6 Å². The smallest absolute Gasteiger partial charge is 0.272 e. The highest BCUT2D eigenvalue weighted by Crippen LogP contribution is 2.48. The number of hydrogen-bond donors (Lipinski definition) is 4. The zero-order chi connectivity index (χ0) is 34.8. The van der Waals surface area contributed by atoms with Crippen molar-refractivity contribution in [1.82, 2.24) is 15.5 Å². The van der Waals surface area contributed by atoms with Crippen LogP contribution in [0.15, 0.2) is 66.7 Å². The van der Waals surface area contributed by atoms with Crippen LogP contribution in [0.25, 0.3) is 0 Å². The summed E-state index contributed by atoms with van der Waals surface area (Å²) in [6.45, 7) is 5.24. The van der Waals surface area contributed by atoms with E-state index in [1.165, 1.54) is 19.9 Å². The average molecular weight is 664 g/mol. The summed E-state index contributed by atoms with van der Waals surface area (Å²) in [5.74, 6) is -4.93. The number of ether oxygens (including phenoxy) is 1. The maximum absolute atomic E-state index is 15.5. The van der Waals surface area contributed by atoms with Gasteiger partial charge in [-0.15, -0.1) is 0 Å². The van der Waals surface area contributed by atoms with E-state index < -0.39 is 53.8 Å². The molecule has 1 saturated heterocycles. The molecule has 48 heavy (non-hydrogen) atoms. The Morgan fingerprint density at radius 3 is 2.38 bits per heavy atom. The first-order valence-corrected chi connectivity index (χ1v) is 16.2. The third-order valence-electron chi connectivity index (χ3n) is 9.40. The Morgan fingerprint density at radius 1 is 1.00 bits per heavy atom. The van der Waals surface area contributed by atoms with Crippen LogP contribution in [0, 0.1) is 25.2 Å². The van der Waals surface area contributed by atoms with E-state index in [0.29, 0.717) is 40.5 Å². The first-order chi connectivity index (χ1) is 22.7. The fourth-order valence-electron chi connectivity index (χ4n) is 6.08. The molecule has 5 rings (SSSR count). The molecule has 1 aliphatic carbocycles. The Balaban J connectivity index is 1.37. The van der Waals surface area contributed by atoms with E-state index in [1.807, 2.05) is 6.07 Å². The molecule has 1 heterocycles. The van der Waals surface area contributed by atoms with E-state index in [0.717, 1.165) is 17.7 Å². The summed E-state index contributed by atoms with van der Waals surface area (Å²) >= 11 is 0. The zero-order valence-corrected chi connectivity index (χ0v) is 27.6. The van der Waals surface area contributed by atoms with Crippen LogP contribution in [0.3, 0.4) is 0 Å². The number of aliphatic hydroxyl groups excluding tert-OH is 1. The van der Waals surface area contributed by atoms with Gasteiger partial charge in [0.2, 0.25) is 5.91 Å². The molecule has 3 atom stereocenters. The van der Waals surface area contributed by atoms with Crippen molar-refractivity contribution in [1.29, 1.82) is 0 Å². The standard InChI is InChI=1S/C37H43F2N3O6/c1-22-15-28(23(2)30(43)16-22)33(45)41-29(18-24-9-6-5-7-10-24)31(44)35(47)42-21-37(38,39)36(3,4)32(42)34(46)40-19-26-11-8-12-27(17-26)48-20-25-13-14-25/h5-12,15-17,25,29,31-32,43-44H,13-14,18-21H2,1-4H3,(H,40,46)(H,41,45)/t29-,31-,32?/m0/s1. The van der Waals surface area contributed by atoms with Crippen molar-refractivity contribution in [3.05, 3.63) is 94.5 Å². The maximum Gasteiger partial charge on any atom is 0.272 e. The number of rotatable bonds is 12. The third-order valence-corrected chi connectivity index (χ3v) is 9.40. The number of amides is 3. The summed E-state index contributed by atoms with van der Waals surface area (Å²) in [5.41, 5.74) is 0.444. The molecule has 1 saturated carbocycles. The van der Waals surface area contributed by atoms with Crippen molar-refractivity contribution >= 4 is 17.7 Å². The quantitative estimate of drug-likeness (QED) is 0.223. The van der Waals surface area contributed by atoms with Crippen LogP contribution in [-0.4, -0.2) is 70.1 Å². The highest BCUT2D eigenvalue weighted by Gasteiger charge is 2.64. The van der Waals surface area contributed by atoms with Gasteiger partial charge in [0.1, 0.15) is 17.5 Å². The van der Waals surface area contributed by atoms with Gasteiger partial charge in [-0.25, -0.2) is 8.78 Å². The number of alkyl halides is 2. The molecule has 2 fully saturated rings. The molecule has 3 aromatic carbocycles. The molecule has 0 bridgehead atoms. The molecule has 4 N–H and O–H groups in total. The fourth-order valence-corrected chi connectivity index (χ4v) is 6.08. The normalized spacial score (nSPS) is 19.3. The minimum absolute atomic E-state index is 0.0115. The second-order valence-electron chi connectivity index (χ2n) is 13.6. The van der Waals surface area contributed by atoms with Gasteiger partial charge in [0.25, 0.3) is 17.7 Å². The molecule has 0 radical (unpaired) electrons. The largest absolute Gasteiger partial charge is 0.508 e. The summed E-state index contributed by atoms with van der Waals surface area (Å²) in [5, 5.41) is 27.2. The Bertz CT molecular complexity index is 1660. The number of carbonyl (C=O) groups is 3. The number of hydrogen-bond acceptors (Lipinski definition) is 6. The number of halogens is 2. The van der Waals surface area contributed by atoms with Gasteiger partial charge in [0.05, 0.1) is 24.6 Å². The lowest BCUT2D eigenvalue weighted by Crippen LogP contribution is -2.57. The van der Waals surface area contributed by atoms with Gasteiger partial charge in [-0.2, -0.15) is 0 Å². The Morgan fingerprint density at radius 2 is 1.69 bits per heavy atom. The monoisotopic (exact) mass is 663 g/mol. The molecule has 11 heteroatoms. The molecule has 1 aliphatic heterocycles. The second kappa shape index (κ2) is 13.9. The molecular formula is C37H43F2N3O6. The van der Waals surface area contributed by atoms with Crippen LogP contribution in [0.2, 0.25) is 0 Å². The fraction of sp³-hybridized carbons (Fsp3) is 0.432. The summed E-state index contributed by atoms with van der Waals surface area (Å²) in [4.78, 5) is 41.8. The Labute approximate surface area is 279 Å². The summed E-state index contributed by atoms with van der Waals surface area (Å²) in [6.07, 6.45) is 0.281. The number of nitrogens with one attached hydrogen (secondary N) is 2. The van der Waals surface area contributed by atoms with Crippen molar-refractivity contribution in [3.63, 3.8) is 0 Å². The number of phenols is 1. The number of aromatic hydroxyl groups is 1. The number of nitrogens with zero attached hydrogens (tertiary/aromatic N) is 1. The van der Waals surface area contributed by atoms with Gasteiger partial charge < -0.3 is 30.5 Å². The van der Waals surface area contributed by atoms with E-state index in [2.05, 4.69) is 10.6 Å². The first-order valence-electron chi connectivity index (χ1n) is 16.2. The van der Waals surface area contributed by atoms with Crippen molar-refractivity contribution in [2.75, 3.05) is 13.2 Å². The van der Waals surface area contributed by atoms with Crippen LogP contribution >= 0.6 is 0 Å². The molecule has 0 spiro atoms. The Kier molecular flexibility index (Phi) is 10.1. The Hall–Kier alpha value is -4.51. The first kappa shape index (κ1) is 34.8. The predicted molar refractivity (Wildman–Crippen MR) is 176 cm³/mol. The maximum atomic E-state index is 15.5. The number of likely N-dealkylation sites (tertiary alicyclic amines) is 1. The van der Waals surface area contributed by atoms with Crippen LogP contribution in [0.1, 0.15) is 59.3 Å². The topological polar surface area (TPSA) is 128 Å². The third kappa shape index (κ3) is 7.62. The molecule has 9 nitrogen and oxygen atoms in total. The number of carbonyl (C=O) groups excluding carboxylic acids is 3. The predicted octanol–water partition coefficient (Wildman–Crippen LogP) is 4.69. The molecule has 3 aromatic rings. The zero-order valence-electron chi connectivity index (χ0n) is 27.6. The van der Waals surface area contributed by atoms with E-state index in [9.17, 15) is 24.6 Å². The van der Waals surface area contributed by atoms with Crippen molar-refractivity contribution < 1.29 is 38.1 Å². The lowest BCUT2D eigenvalue weighted by molar-refractivity contribution is -0.148. The summed E-state index contributed by atoms with van der Waals surface area (Å²) in [7, 11) is 0. The molecule has 2 aliphatic rings. The SMILES string of the molecule is Cc1cc(O)c(C)c(C(=O)N[C@@H](Cc2ccccc2)[C@H](O)C(=O)N2CC(F)(F)C(C)(C)C2C(=O)NCc2cccc(OCC3CC3)c2)c1. The molecule has 256 valence electrons. The molecular weight excluding hydrogens is 620 g/mol. The van der Waals surface area contributed by atoms with E-state index in [1.54, 1.807) is 68.4 Å². The van der Waals surface area contributed by atoms with Gasteiger partial charge >= 0.3 is 0 Å². The number of benzene rings is 3. The average Bonchev–Trinajstić information content (AvgIpc) is 3.85. The van der Waals surface area contributed by atoms with Gasteiger partial charge in [-0.05, 0) is 80.0 Å². The lowest BCUT2D eigenvalue weighted by atomic mass is 9.81. The summed E-state index contributed by atoms with van der Waals surface area (Å²) < 4.78 is 36.8. The second-order valence-corrected chi connectivity index (χ2v) is 13.6. The highest BCUT2D eigenvalue weighted by molar-refractivity contribution is 5.97. The van der Waals surface area contributed by atoms with E-state index in [-0.39, 0.29) is 24.3 Å². The number of aliphatic hydroxyl groups is 1. The van der Waals surface area contributed by atoms with Gasteiger partial charge in [-0.1, -0.05) is 56.3 Å². The van der Waals surface area contributed by atoms with Gasteiger partial charge in [0, 0.05) is 17.7 Å². The minimum Gasteiger partial charge on any atom is -0.508 e. The molecule has 0 aromatic heterocycles. The van der Waals surface area contributed by atoms with Gasteiger partial charge in [-0.3, -0.25) is 14.4 Å². The highest BCUT2D eigenvalue weighted by atomic mass is 19.3. The van der Waals surface area contributed by atoms with Crippen LogP contribution in [0.4, 0.5) is 8.78 Å². The van der Waals surface area contributed by atoms with Crippen molar-refractivity contribution in [2.45, 2.75) is 77.6 Å². The van der Waals surface area contributed by atoms with Gasteiger partial charge in [0.15, 0.2) is 6.10 Å². The summed E-state index contributed by atoms with van der Waals surface area (Å²) in [6, 6.07) is 16.1. The van der Waals surface area contributed by atoms with Crippen LogP contribution < -0.4 is 15.4 Å². The minimum atomic E-state index is -3.46. The van der Waals surface area contributed by atoms with Crippen LogP contribution in [0.5, 0.6) is 11.5 Å². The van der Waals surface area contributed by atoms with Crippen molar-refractivity contribution in [3.8, 4) is 11.5 Å².